The molecule has 20 rings (SSSR count). The summed E-state index contributed by atoms with van der Waals surface area (Å²) in [5.74, 6) is 2.48. The van der Waals surface area contributed by atoms with Crippen LogP contribution in [-0.4, -0.2) is 24.9 Å². The molecule has 0 amide bonds. The maximum Gasteiger partial charge on any atom is 0.196 e. The summed E-state index contributed by atoms with van der Waals surface area (Å²) in [4.78, 5) is 31.2. The predicted octanol–water partition coefficient (Wildman–Crippen LogP) is 22.9. The van der Waals surface area contributed by atoms with E-state index >= 15 is 0 Å². The zero-order chi connectivity index (χ0) is 65.2. The van der Waals surface area contributed by atoms with Crippen molar-refractivity contribution in [2.75, 3.05) is 0 Å². The van der Waals surface area contributed by atoms with Gasteiger partial charge in [-0.1, -0.05) is 278 Å². The van der Waals surface area contributed by atoms with Crippen molar-refractivity contribution in [2.24, 2.45) is 0 Å². The lowest BCUT2D eigenvalue weighted by Gasteiger charge is -2.40. The third-order valence-corrected chi connectivity index (χ3v) is 22.7. The van der Waals surface area contributed by atoms with Gasteiger partial charge in [0.2, 0.25) is 0 Å². The highest BCUT2D eigenvalue weighted by molar-refractivity contribution is 7.99. The number of nitrogens with zero attached hydrogens (tertiary/aromatic N) is 5. The molecule has 0 saturated carbocycles. The molecule has 6 nitrogen and oxygen atoms in total. The fraction of sp³-hybridized carbons (Fsp3) is 0.0220. The summed E-state index contributed by atoms with van der Waals surface area (Å²) in [6.07, 6.45) is 1.88. The van der Waals surface area contributed by atoms with Gasteiger partial charge in [-0.15, -0.1) is 0 Å². The van der Waals surface area contributed by atoms with Crippen molar-refractivity contribution in [1.82, 2.24) is 24.9 Å². The van der Waals surface area contributed by atoms with Crippen LogP contribution >= 0.6 is 23.5 Å². The first kappa shape index (κ1) is 57.2. The van der Waals surface area contributed by atoms with E-state index in [2.05, 4.69) is 297 Å². The van der Waals surface area contributed by atoms with E-state index in [4.69, 9.17) is 29.3 Å². The Morgan fingerprint density at radius 3 is 1.16 bits per heavy atom. The topological polar surface area (TPSA) is 77.6 Å². The summed E-state index contributed by atoms with van der Waals surface area (Å²) in [6, 6.07) is 118. The Labute approximate surface area is 581 Å². The van der Waals surface area contributed by atoms with Crippen LogP contribution in [0.5, 0.6) is 0 Å². The Balaban J connectivity index is 0.662. The molecule has 2 aliphatic heterocycles. The third-order valence-electron chi connectivity index (χ3n) is 20.4. The van der Waals surface area contributed by atoms with E-state index in [1.54, 1.807) is 0 Å². The van der Waals surface area contributed by atoms with Gasteiger partial charge in [-0.25, -0.2) is 19.9 Å². The van der Waals surface area contributed by atoms with Crippen LogP contribution in [0.15, 0.2) is 358 Å². The van der Waals surface area contributed by atoms with Crippen molar-refractivity contribution in [2.45, 2.75) is 30.4 Å². The number of benzene rings is 12. The SMILES string of the molecule is c1ccc(-c2cc(-c3ccc(-c4ccc5c(c4)Sc4ccc(-c6ncccc6-c6nc(-c7ccccc7)cc(-c7ccccc7)n6)cc4C54c5ccccc5-c5ccccc54)cc3)nc(-c3ccc(-c4ccc5c(c4)C4(c6ccccc6S5)c5ccccc5-c5ccccc54)o3)n2)cc1. The van der Waals surface area contributed by atoms with E-state index in [0.29, 0.717) is 17.4 Å². The van der Waals surface area contributed by atoms with Gasteiger partial charge in [0.05, 0.1) is 39.3 Å². The Kier molecular flexibility index (Phi) is 13.2. The second-order valence-corrected chi connectivity index (χ2v) is 27.8. The van der Waals surface area contributed by atoms with Crippen LogP contribution in [0, 0.1) is 0 Å². The van der Waals surface area contributed by atoms with Crippen LogP contribution in [0.4, 0.5) is 0 Å². The summed E-state index contributed by atoms with van der Waals surface area (Å²) in [7, 11) is 0. The average Bonchev–Trinajstić information content (AvgIpc) is 1.54. The fourth-order valence-electron chi connectivity index (χ4n) is 16.0. The van der Waals surface area contributed by atoms with Gasteiger partial charge in [0, 0.05) is 64.7 Å². The zero-order valence-electron chi connectivity index (χ0n) is 53.2. The number of furan rings is 1. The smallest absolute Gasteiger partial charge is 0.196 e. The molecule has 99 heavy (non-hydrogen) atoms. The lowest BCUT2D eigenvalue weighted by Crippen LogP contribution is -2.32. The Bertz CT molecular complexity index is 5800. The van der Waals surface area contributed by atoms with E-state index in [-0.39, 0.29) is 0 Å². The molecule has 8 heteroatoms. The van der Waals surface area contributed by atoms with Gasteiger partial charge in [-0.05, 0) is 151 Å². The second kappa shape index (κ2) is 22.8. The number of rotatable bonds is 9. The molecule has 0 bridgehead atoms. The molecule has 12 aromatic carbocycles. The molecular formula is C91H55N5OS2. The van der Waals surface area contributed by atoms with Crippen LogP contribution in [0.1, 0.15) is 44.5 Å². The minimum absolute atomic E-state index is 0.500. The molecule has 0 fully saturated rings. The van der Waals surface area contributed by atoms with Crippen molar-refractivity contribution in [3.63, 3.8) is 0 Å². The summed E-state index contributed by atoms with van der Waals surface area (Å²) < 4.78 is 6.95. The molecule has 4 aromatic heterocycles. The molecule has 4 aliphatic rings. The van der Waals surface area contributed by atoms with Crippen molar-refractivity contribution in [1.29, 1.82) is 0 Å². The van der Waals surface area contributed by atoms with Crippen LogP contribution in [0.3, 0.4) is 0 Å². The van der Waals surface area contributed by atoms with Gasteiger partial charge in [0.15, 0.2) is 17.4 Å². The number of hydrogen-bond acceptors (Lipinski definition) is 8. The zero-order valence-corrected chi connectivity index (χ0v) is 54.8. The molecule has 6 heterocycles. The maximum atomic E-state index is 6.95. The number of hydrogen-bond donors (Lipinski definition) is 0. The highest BCUT2D eigenvalue weighted by Gasteiger charge is 2.52. The first-order chi connectivity index (χ1) is 49.0. The van der Waals surface area contributed by atoms with Crippen LogP contribution in [0.2, 0.25) is 0 Å². The molecule has 0 atom stereocenters. The first-order valence-electron chi connectivity index (χ1n) is 33.4. The monoisotopic (exact) mass is 1300 g/mol. The van der Waals surface area contributed by atoms with Gasteiger partial charge < -0.3 is 4.42 Å². The Morgan fingerprint density at radius 2 is 0.616 bits per heavy atom. The lowest BCUT2D eigenvalue weighted by atomic mass is 9.67. The average molecular weight is 1300 g/mol. The molecule has 0 N–H and O–H groups in total. The molecule has 2 spiro atoms. The highest BCUT2D eigenvalue weighted by atomic mass is 32.2. The normalized spacial score (nSPS) is 13.5. The van der Waals surface area contributed by atoms with Gasteiger partial charge in [0.1, 0.15) is 5.76 Å². The van der Waals surface area contributed by atoms with Crippen molar-refractivity contribution in [3.8, 4) is 124 Å². The molecule has 0 radical (unpaired) electrons. The first-order valence-corrected chi connectivity index (χ1v) is 35.1. The van der Waals surface area contributed by atoms with E-state index in [0.717, 1.165) is 84.3 Å². The van der Waals surface area contributed by atoms with Crippen molar-refractivity contribution < 1.29 is 4.42 Å². The summed E-state index contributed by atoms with van der Waals surface area (Å²) in [5, 5.41) is 0. The summed E-state index contributed by atoms with van der Waals surface area (Å²) in [5.41, 5.74) is 27.3. The summed E-state index contributed by atoms with van der Waals surface area (Å²) >= 11 is 3.68. The van der Waals surface area contributed by atoms with Crippen LogP contribution in [-0.2, 0) is 10.8 Å². The van der Waals surface area contributed by atoms with Gasteiger partial charge >= 0.3 is 0 Å². The predicted molar refractivity (Wildman–Crippen MR) is 399 cm³/mol. The largest absolute Gasteiger partial charge is 0.453 e. The van der Waals surface area contributed by atoms with Gasteiger partial charge in [-0.3, -0.25) is 4.98 Å². The van der Waals surface area contributed by atoms with Crippen molar-refractivity contribution in [3.05, 3.63) is 378 Å². The fourth-order valence-corrected chi connectivity index (χ4v) is 18.4. The molecule has 16 aromatic rings. The molecule has 0 saturated heterocycles. The van der Waals surface area contributed by atoms with Crippen molar-refractivity contribution >= 4 is 23.5 Å². The number of fused-ring (bicyclic) bond motifs is 18. The third kappa shape index (κ3) is 8.96. The molecule has 462 valence electrons. The quantitative estimate of drug-likeness (QED) is 0.141. The standard InChI is InChI=1S/C91H55N5OS2/c1-4-21-57(22-5-1)77-54-78(58-23-6-2-7-24-58)94-88(93-77)68-31-20-50-92-87(68)63-44-49-85-76(52-63)91(71-34-16-12-29-66(71)67-30-13-17-35-72(67)91)74-45-42-61(53-86(74)99-85)56-38-40-60(41-39-56)80-55-79(59-25-8-3-9-26-59)95-89(96-80)82-47-46-81(97-82)62-43-48-84-75(51-62)90(73-36-18-19-37-83(73)98-84)69-32-14-10-27-64(69)65-28-11-15-33-70(65)90/h1-55H. The van der Waals surface area contributed by atoms with E-state index in [1.165, 1.54) is 86.3 Å². The second-order valence-electron chi connectivity index (χ2n) is 25.7. The van der Waals surface area contributed by atoms with E-state index < -0.39 is 10.8 Å². The van der Waals surface area contributed by atoms with Gasteiger partial charge in [-0.2, -0.15) is 0 Å². The van der Waals surface area contributed by atoms with E-state index in [9.17, 15) is 0 Å². The molecular weight excluding hydrogens is 1240 g/mol. The van der Waals surface area contributed by atoms with E-state index in [1.807, 2.05) is 60.1 Å². The molecule has 2 aliphatic carbocycles. The lowest BCUT2D eigenvalue weighted by molar-refractivity contribution is 0.591. The maximum absolute atomic E-state index is 6.95. The minimum atomic E-state index is -0.638. The highest BCUT2D eigenvalue weighted by Crippen LogP contribution is 2.65. The van der Waals surface area contributed by atoms with Gasteiger partial charge in [0.25, 0.3) is 0 Å². The Morgan fingerprint density at radius 1 is 0.232 bits per heavy atom. The van der Waals surface area contributed by atoms with Crippen LogP contribution < -0.4 is 0 Å². The number of aromatic nitrogens is 5. The number of pyridine rings is 1. The molecule has 0 unspecified atom stereocenters. The summed E-state index contributed by atoms with van der Waals surface area (Å²) in [6.45, 7) is 0. The van der Waals surface area contributed by atoms with Crippen LogP contribution in [0.25, 0.3) is 124 Å². The Hall–Kier alpha value is -12.1. The minimum Gasteiger partial charge on any atom is -0.453 e.